The largest absolute Gasteiger partial charge is 0.345 e. The fraction of sp³-hybridized carbons (Fsp3) is 0.769. The summed E-state index contributed by atoms with van der Waals surface area (Å²) in [7, 11) is 0. The highest BCUT2D eigenvalue weighted by molar-refractivity contribution is 5.91. The zero-order chi connectivity index (χ0) is 13.6. The summed E-state index contributed by atoms with van der Waals surface area (Å²) in [5, 5.41) is 9.79. The minimum atomic E-state index is -0.183. The van der Waals surface area contributed by atoms with E-state index in [9.17, 15) is 4.79 Å². The van der Waals surface area contributed by atoms with Crippen LogP contribution in [0, 0.1) is 10.8 Å². The van der Waals surface area contributed by atoms with Crippen molar-refractivity contribution in [1.29, 1.82) is 0 Å². The maximum atomic E-state index is 12.0. The predicted molar refractivity (Wildman–Crippen MR) is 69.2 cm³/mol. The van der Waals surface area contributed by atoms with Gasteiger partial charge < -0.3 is 5.32 Å². The lowest BCUT2D eigenvalue weighted by molar-refractivity contribution is 0.0933. The molecule has 0 spiro atoms. The number of rotatable bonds is 4. The van der Waals surface area contributed by atoms with E-state index in [2.05, 4.69) is 55.1 Å². The zero-order valence-electron chi connectivity index (χ0n) is 11.8. The van der Waals surface area contributed by atoms with Gasteiger partial charge in [-0.3, -0.25) is 9.89 Å². The number of aromatic nitrogens is 3. The molecule has 0 aliphatic heterocycles. The van der Waals surface area contributed by atoms with Gasteiger partial charge in [0.1, 0.15) is 5.82 Å². The van der Waals surface area contributed by atoms with Gasteiger partial charge >= 0.3 is 0 Å². The molecular weight excluding hydrogens is 228 g/mol. The lowest BCUT2D eigenvalue weighted by Gasteiger charge is -2.03. The van der Waals surface area contributed by atoms with E-state index in [1.54, 1.807) is 0 Å². The molecular formula is C13H22N4O. The van der Waals surface area contributed by atoms with Crippen LogP contribution < -0.4 is 5.32 Å². The van der Waals surface area contributed by atoms with E-state index in [0.29, 0.717) is 0 Å². The van der Waals surface area contributed by atoms with Crippen molar-refractivity contribution in [3.8, 4) is 0 Å². The first-order chi connectivity index (χ1) is 8.30. The van der Waals surface area contributed by atoms with Crippen LogP contribution in [0.1, 0.15) is 57.5 Å². The van der Waals surface area contributed by atoms with E-state index >= 15 is 0 Å². The number of carbonyl (C=O) groups excluding carboxylic acids is 1. The van der Waals surface area contributed by atoms with Crippen molar-refractivity contribution in [1.82, 2.24) is 20.5 Å². The Morgan fingerprint density at radius 1 is 1.33 bits per heavy atom. The smallest absolute Gasteiger partial charge is 0.291 e. The number of aromatic amines is 1. The van der Waals surface area contributed by atoms with Crippen LogP contribution in [-0.2, 0) is 6.42 Å². The van der Waals surface area contributed by atoms with Crippen molar-refractivity contribution in [2.75, 3.05) is 0 Å². The Bertz CT molecular complexity index is 447. The molecule has 0 aromatic carbocycles. The number of hydrogen-bond donors (Lipinski definition) is 2. The summed E-state index contributed by atoms with van der Waals surface area (Å²) in [4.78, 5) is 16.2. The first-order valence-electron chi connectivity index (χ1n) is 6.53. The van der Waals surface area contributed by atoms with Gasteiger partial charge in [-0.25, -0.2) is 4.98 Å². The molecule has 0 bridgehead atoms. The lowest BCUT2D eigenvalue weighted by atomic mass is 10.0. The van der Waals surface area contributed by atoms with E-state index in [4.69, 9.17) is 0 Å². The maximum absolute atomic E-state index is 12.0. The van der Waals surface area contributed by atoms with E-state index in [-0.39, 0.29) is 28.6 Å². The van der Waals surface area contributed by atoms with Gasteiger partial charge in [-0.05, 0) is 17.3 Å². The van der Waals surface area contributed by atoms with Crippen LogP contribution in [0.4, 0.5) is 0 Å². The van der Waals surface area contributed by atoms with E-state index in [0.717, 1.165) is 18.7 Å². The molecule has 0 radical (unpaired) electrons. The molecule has 1 saturated carbocycles. The van der Waals surface area contributed by atoms with Crippen LogP contribution >= 0.6 is 0 Å². The van der Waals surface area contributed by atoms with Crippen LogP contribution in [0.5, 0.6) is 0 Å². The van der Waals surface area contributed by atoms with Crippen LogP contribution in [0.2, 0.25) is 0 Å². The van der Waals surface area contributed by atoms with Crippen LogP contribution in [0.15, 0.2) is 0 Å². The molecule has 1 aromatic heterocycles. The van der Waals surface area contributed by atoms with E-state index in [1.807, 2.05) is 0 Å². The second-order valence-electron chi connectivity index (χ2n) is 6.21. The van der Waals surface area contributed by atoms with Gasteiger partial charge in [0.2, 0.25) is 5.82 Å². The van der Waals surface area contributed by atoms with Crippen LogP contribution in [0.3, 0.4) is 0 Å². The second-order valence-corrected chi connectivity index (χ2v) is 6.21. The summed E-state index contributed by atoms with van der Waals surface area (Å²) in [6.45, 7) is 10.7. The highest BCUT2D eigenvalue weighted by Gasteiger charge is 2.65. The number of hydrogen-bond acceptors (Lipinski definition) is 3. The molecule has 2 rings (SSSR count). The molecule has 1 aliphatic rings. The Labute approximate surface area is 108 Å². The van der Waals surface area contributed by atoms with Crippen molar-refractivity contribution in [3.63, 3.8) is 0 Å². The van der Waals surface area contributed by atoms with E-state index < -0.39 is 0 Å². The van der Waals surface area contributed by atoms with Gasteiger partial charge in [0.15, 0.2) is 0 Å². The van der Waals surface area contributed by atoms with E-state index in [1.165, 1.54) is 0 Å². The SMILES string of the molecule is CCCc1nc(C(=O)NC2C(C)(C)C2(C)C)n[nH]1. The molecule has 2 N–H and O–H groups in total. The van der Waals surface area contributed by atoms with Crippen molar-refractivity contribution >= 4 is 5.91 Å². The minimum absolute atomic E-state index is 0.130. The standard InChI is InChI=1S/C13H22N4O/c1-6-7-8-14-9(17-16-8)10(18)15-11-12(2,3)13(11,4)5/h11H,6-7H2,1-5H3,(H,15,18)(H,14,16,17). The number of aryl methyl sites for hydroxylation is 1. The normalized spacial score (nSPS) is 20.7. The molecule has 1 aliphatic carbocycles. The summed E-state index contributed by atoms with van der Waals surface area (Å²) in [6, 6.07) is 0.186. The molecule has 100 valence electrons. The molecule has 18 heavy (non-hydrogen) atoms. The highest BCUT2D eigenvalue weighted by atomic mass is 16.2. The monoisotopic (exact) mass is 250 g/mol. The fourth-order valence-corrected chi connectivity index (χ4v) is 2.50. The molecule has 1 amide bonds. The van der Waals surface area contributed by atoms with Crippen LogP contribution in [0.25, 0.3) is 0 Å². The molecule has 5 nitrogen and oxygen atoms in total. The average molecular weight is 250 g/mol. The van der Waals surface area contributed by atoms with Crippen molar-refractivity contribution in [2.45, 2.75) is 53.5 Å². The molecule has 0 saturated heterocycles. The van der Waals surface area contributed by atoms with Crippen molar-refractivity contribution in [2.24, 2.45) is 10.8 Å². The zero-order valence-corrected chi connectivity index (χ0v) is 11.8. The third kappa shape index (κ3) is 1.91. The molecule has 1 aromatic rings. The van der Waals surface area contributed by atoms with Gasteiger partial charge in [0.25, 0.3) is 5.91 Å². The lowest BCUT2D eigenvalue weighted by Crippen LogP contribution is -2.30. The Kier molecular flexibility index (Phi) is 2.95. The predicted octanol–water partition coefficient (Wildman–Crippen LogP) is 1.92. The van der Waals surface area contributed by atoms with Gasteiger partial charge in [-0.2, -0.15) is 0 Å². The highest BCUT2D eigenvalue weighted by Crippen LogP contribution is 2.62. The first kappa shape index (κ1) is 13.1. The second kappa shape index (κ2) is 4.07. The fourth-order valence-electron chi connectivity index (χ4n) is 2.50. The van der Waals surface area contributed by atoms with Gasteiger partial charge in [-0.1, -0.05) is 34.6 Å². The summed E-state index contributed by atoms with van der Waals surface area (Å²) in [5.41, 5.74) is 0.260. The van der Waals surface area contributed by atoms with Crippen LogP contribution in [-0.4, -0.2) is 27.1 Å². The molecule has 1 fully saturated rings. The van der Waals surface area contributed by atoms with Crippen molar-refractivity contribution < 1.29 is 4.79 Å². The summed E-state index contributed by atoms with van der Waals surface area (Å²) in [5.74, 6) is 0.839. The Hall–Kier alpha value is -1.39. The first-order valence-corrected chi connectivity index (χ1v) is 6.53. The number of nitrogens with zero attached hydrogens (tertiary/aromatic N) is 2. The molecule has 5 heteroatoms. The Morgan fingerprint density at radius 2 is 1.94 bits per heavy atom. The topological polar surface area (TPSA) is 70.7 Å². The summed E-state index contributed by atoms with van der Waals surface area (Å²) in [6.07, 6.45) is 1.81. The number of H-pyrrole nitrogens is 1. The number of nitrogens with one attached hydrogen (secondary N) is 2. The molecule has 0 atom stereocenters. The third-order valence-electron chi connectivity index (χ3n) is 4.52. The average Bonchev–Trinajstić information content (AvgIpc) is 2.69. The van der Waals surface area contributed by atoms with Gasteiger partial charge in [-0.15, -0.1) is 5.10 Å². The molecule has 0 unspecified atom stereocenters. The summed E-state index contributed by atoms with van der Waals surface area (Å²) >= 11 is 0. The van der Waals surface area contributed by atoms with Crippen molar-refractivity contribution in [3.05, 3.63) is 11.6 Å². The number of amides is 1. The van der Waals surface area contributed by atoms with Gasteiger partial charge in [0, 0.05) is 12.5 Å². The number of carbonyl (C=O) groups is 1. The Morgan fingerprint density at radius 3 is 2.44 bits per heavy atom. The Balaban J connectivity index is 2.01. The maximum Gasteiger partial charge on any atom is 0.291 e. The third-order valence-corrected chi connectivity index (χ3v) is 4.52. The minimum Gasteiger partial charge on any atom is -0.345 e. The van der Waals surface area contributed by atoms with Gasteiger partial charge in [0.05, 0.1) is 0 Å². The quantitative estimate of drug-likeness (QED) is 0.857. The molecule has 1 heterocycles. The summed E-state index contributed by atoms with van der Waals surface area (Å²) < 4.78 is 0.